The molecule has 1 aliphatic carbocycles. The predicted octanol–water partition coefficient (Wildman–Crippen LogP) is 4.13. The lowest BCUT2D eigenvalue weighted by molar-refractivity contribution is 0.0894. The van der Waals surface area contributed by atoms with Gasteiger partial charge in [0.25, 0.3) is 5.91 Å². The molecule has 1 saturated heterocycles. The van der Waals surface area contributed by atoms with Crippen LogP contribution in [-0.2, 0) is 6.54 Å². The second-order valence-electron chi connectivity index (χ2n) is 8.32. The zero-order valence-electron chi connectivity index (χ0n) is 17.0. The van der Waals surface area contributed by atoms with Gasteiger partial charge in [-0.3, -0.25) is 9.69 Å². The van der Waals surface area contributed by atoms with E-state index in [1.807, 2.05) is 18.2 Å². The molecule has 156 valence electrons. The summed E-state index contributed by atoms with van der Waals surface area (Å²) in [6.07, 6.45) is 10.1. The lowest BCUT2D eigenvalue weighted by Crippen LogP contribution is -2.38. The van der Waals surface area contributed by atoms with Crippen LogP contribution in [-0.4, -0.2) is 45.2 Å². The lowest BCUT2D eigenvalue weighted by Gasteiger charge is -2.29. The first kappa shape index (κ1) is 20.4. The van der Waals surface area contributed by atoms with Crippen molar-refractivity contribution < 1.29 is 9.21 Å². The van der Waals surface area contributed by atoms with Crippen molar-refractivity contribution in [2.24, 2.45) is 5.92 Å². The Balaban J connectivity index is 1.21. The largest absolute Gasteiger partial charge is 0.455 e. The molecule has 2 fully saturated rings. The number of amides is 1. The second kappa shape index (κ2) is 9.76. The van der Waals surface area contributed by atoms with Crippen molar-refractivity contribution >= 4 is 17.7 Å². The molecule has 1 saturated carbocycles. The summed E-state index contributed by atoms with van der Waals surface area (Å²) >= 11 is 1.74. The molecule has 2 aromatic heterocycles. The number of rotatable bonds is 6. The van der Waals surface area contributed by atoms with Crippen LogP contribution in [0.3, 0.4) is 0 Å². The van der Waals surface area contributed by atoms with Crippen LogP contribution in [0.25, 0.3) is 0 Å². The third-order valence-electron chi connectivity index (χ3n) is 5.96. The van der Waals surface area contributed by atoms with Crippen LogP contribution in [0, 0.1) is 5.92 Å². The zero-order chi connectivity index (χ0) is 20.1. The molecule has 0 atom stereocenters. The molecule has 0 bridgehead atoms. The maximum Gasteiger partial charge on any atom is 0.287 e. The minimum absolute atomic E-state index is 0.0917. The van der Waals surface area contributed by atoms with Gasteiger partial charge in [-0.25, -0.2) is 9.97 Å². The Morgan fingerprint density at radius 3 is 2.59 bits per heavy atom. The molecular weight excluding hydrogens is 384 g/mol. The molecule has 0 radical (unpaired) electrons. The molecule has 0 spiro atoms. The summed E-state index contributed by atoms with van der Waals surface area (Å²) in [6.45, 7) is 5.33. The molecule has 0 unspecified atom stereocenters. The van der Waals surface area contributed by atoms with Gasteiger partial charge in [0, 0.05) is 23.7 Å². The highest BCUT2D eigenvalue weighted by molar-refractivity contribution is 7.99. The summed E-state index contributed by atoms with van der Waals surface area (Å²) in [6, 6.07) is 5.81. The summed E-state index contributed by atoms with van der Waals surface area (Å²) in [5.41, 5.74) is 0. The zero-order valence-corrected chi connectivity index (χ0v) is 17.9. The first-order valence-electron chi connectivity index (χ1n) is 10.7. The van der Waals surface area contributed by atoms with Crippen LogP contribution in [0.15, 0.2) is 40.2 Å². The van der Waals surface area contributed by atoms with Crippen molar-refractivity contribution in [1.29, 1.82) is 0 Å². The van der Waals surface area contributed by atoms with Gasteiger partial charge in [-0.15, -0.1) is 0 Å². The summed E-state index contributed by atoms with van der Waals surface area (Å²) in [4.78, 5) is 23.6. The van der Waals surface area contributed by atoms with E-state index in [0.29, 0.717) is 11.0 Å². The SMILES string of the molecule is CC1CCN(Cc2ccc(C(=O)NC3CCC(Sc4ncccn4)CC3)o2)CC1. The topological polar surface area (TPSA) is 71.3 Å². The number of carbonyl (C=O) groups excluding carboxylic acids is 1. The average Bonchev–Trinajstić information content (AvgIpc) is 3.21. The summed E-state index contributed by atoms with van der Waals surface area (Å²) in [5, 5.41) is 4.52. The van der Waals surface area contributed by atoms with Gasteiger partial charge in [-0.1, -0.05) is 18.7 Å². The highest BCUT2D eigenvalue weighted by atomic mass is 32.2. The van der Waals surface area contributed by atoms with Crippen molar-refractivity contribution in [2.75, 3.05) is 13.1 Å². The third kappa shape index (κ3) is 5.82. The number of piperidine rings is 1. The van der Waals surface area contributed by atoms with Gasteiger partial charge in [0.15, 0.2) is 10.9 Å². The molecule has 6 nitrogen and oxygen atoms in total. The number of nitrogens with zero attached hydrogens (tertiary/aromatic N) is 3. The third-order valence-corrected chi connectivity index (χ3v) is 7.19. The number of hydrogen-bond acceptors (Lipinski definition) is 6. The van der Waals surface area contributed by atoms with E-state index in [0.717, 1.165) is 62.2 Å². The van der Waals surface area contributed by atoms with Crippen molar-refractivity contribution in [3.05, 3.63) is 42.1 Å². The first-order chi connectivity index (χ1) is 14.2. The van der Waals surface area contributed by atoms with Crippen LogP contribution in [0.4, 0.5) is 0 Å². The van der Waals surface area contributed by atoms with Gasteiger partial charge >= 0.3 is 0 Å². The fourth-order valence-electron chi connectivity index (χ4n) is 4.10. The molecule has 7 heteroatoms. The van der Waals surface area contributed by atoms with Gasteiger partial charge in [-0.05, 0) is 75.7 Å². The number of hydrogen-bond donors (Lipinski definition) is 1. The summed E-state index contributed by atoms with van der Waals surface area (Å²) in [7, 11) is 0. The number of carbonyl (C=O) groups is 1. The van der Waals surface area contributed by atoms with E-state index in [2.05, 4.69) is 27.1 Å². The predicted molar refractivity (Wildman–Crippen MR) is 114 cm³/mol. The second-order valence-corrected chi connectivity index (χ2v) is 9.59. The highest BCUT2D eigenvalue weighted by Crippen LogP contribution is 2.32. The monoisotopic (exact) mass is 414 g/mol. The lowest BCUT2D eigenvalue weighted by atomic mass is 9.95. The number of furan rings is 1. The van der Waals surface area contributed by atoms with E-state index >= 15 is 0 Å². The fraction of sp³-hybridized carbons (Fsp3) is 0.591. The van der Waals surface area contributed by atoms with Crippen LogP contribution in [0.1, 0.15) is 61.8 Å². The normalized spacial score (nSPS) is 23.8. The molecule has 1 N–H and O–H groups in total. The Morgan fingerprint density at radius 2 is 1.86 bits per heavy atom. The molecule has 2 aliphatic rings. The number of nitrogens with one attached hydrogen (secondary N) is 1. The van der Waals surface area contributed by atoms with E-state index in [1.54, 1.807) is 24.2 Å². The van der Waals surface area contributed by atoms with Crippen molar-refractivity contribution in [3.63, 3.8) is 0 Å². The first-order valence-corrected chi connectivity index (χ1v) is 11.6. The van der Waals surface area contributed by atoms with Crippen molar-refractivity contribution in [1.82, 2.24) is 20.2 Å². The molecular formula is C22H30N4O2S. The Labute approximate surface area is 176 Å². The standard InChI is InChI=1S/C22H30N4O2S/c1-16-9-13-26(14-10-16)15-18-5-8-20(28-18)21(27)25-17-3-6-19(7-4-17)29-22-23-11-2-12-24-22/h2,5,8,11-12,16-17,19H,3-4,6-7,9-10,13-15H2,1H3,(H,25,27). The van der Waals surface area contributed by atoms with Crippen LogP contribution >= 0.6 is 11.8 Å². The minimum atomic E-state index is -0.0917. The fourth-order valence-corrected chi connectivity index (χ4v) is 5.15. The molecule has 3 heterocycles. The van der Waals surface area contributed by atoms with Crippen LogP contribution < -0.4 is 5.32 Å². The average molecular weight is 415 g/mol. The van der Waals surface area contributed by atoms with Gasteiger partial charge < -0.3 is 9.73 Å². The van der Waals surface area contributed by atoms with Crippen LogP contribution in [0.5, 0.6) is 0 Å². The maximum atomic E-state index is 12.6. The van der Waals surface area contributed by atoms with Gasteiger partial charge in [0.1, 0.15) is 5.76 Å². The minimum Gasteiger partial charge on any atom is -0.455 e. The molecule has 1 amide bonds. The summed E-state index contributed by atoms with van der Waals surface area (Å²) in [5.74, 6) is 2.04. The van der Waals surface area contributed by atoms with Crippen molar-refractivity contribution in [2.45, 2.75) is 68.4 Å². The number of likely N-dealkylation sites (tertiary alicyclic amines) is 1. The van der Waals surface area contributed by atoms with E-state index in [1.165, 1.54) is 12.8 Å². The van der Waals surface area contributed by atoms with Gasteiger partial charge in [0.05, 0.1) is 6.54 Å². The van der Waals surface area contributed by atoms with E-state index in [-0.39, 0.29) is 11.9 Å². The Morgan fingerprint density at radius 1 is 1.14 bits per heavy atom. The van der Waals surface area contributed by atoms with Crippen LogP contribution in [0.2, 0.25) is 0 Å². The van der Waals surface area contributed by atoms with E-state index in [9.17, 15) is 4.79 Å². The Bertz CT molecular complexity index is 781. The Hall–Kier alpha value is -1.86. The number of thioether (sulfide) groups is 1. The van der Waals surface area contributed by atoms with Crippen molar-refractivity contribution in [3.8, 4) is 0 Å². The molecule has 1 aliphatic heterocycles. The molecule has 0 aromatic carbocycles. The maximum absolute atomic E-state index is 12.6. The molecule has 2 aromatic rings. The Kier molecular flexibility index (Phi) is 6.87. The number of aromatic nitrogens is 2. The smallest absolute Gasteiger partial charge is 0.287 e. The molecule has 29 heavy (non-hydrogen) atoms. The highest BCUT2D eigenvalue weighted by Gasteiger charge is 2.25. The van der Waals surface area contributed by atoms with E-state index < -0.39 is 0 Å². The van der Waals surface area contributed by atoms with Gasteiger partial charge in [-0.2, -0.15) is 0 Å². The molecule has 4 rings (SSSR count). The van der Waals surface area contributed by atoms with Gasteiger partial charge in [0.2, 0.25) is 0 Å². The summed E-state index contributed by atoms with van der Waals surface area (Å²) < 4.78 is 5.84. The quantitative estimate of drug-likeness (QED) is 0.717. The van der Waals surface area contributed by atoms with E-state index in [4.69, 9.17) is 4.42 Å².